The number of hydrogen-bond acceptors (Lipinski definition) is 4. The van der Waals surface area contributed by atoms with Gasteiger partial charge in [-0.1, -0.05) is 19.8 Å². The molecule has 0 saturated carbocycles. The number of likely N-dealkylation sites (tertiary alicyclic amines) is 2. The van der Waals surface area contributed by atoms with Crippen LogP contribution in [0.4, 0.5) is 0 Å². The molecule has 7 heteroatoms. The zero-order valence-corrected chi connectivity index (χ0v) is 17.1. The molecule has 3 amide bonds. The molecule has 150 valence electrons. The molecule has 2 fully saturated rings. The minimum absolute atomic E-state index is 0.0643. The second-order valence-corrected chi connectivity index (χ2v) is 8.33. The molecular formula is C20H32N4O3. The molecule has 3 atom stereocenters. The Hall–Kier alpha value is -2.07. The maximum Gasteiger partial charge on any atom is 0.298 e. The fourth-order valence-corrected chi connectivity index (χ4v) is 4.06. The average Bonchev–Trinajstić information content (AvgIpc) is 3.19. The molecule has 2 aliphatic heterocycles. The van der Waals surface area contributed by atoms with Crippen LogP contribution < -0.4 is 5.73 Å². The van der Waals surface area contributed by atoms with Crippen LogP contribution in [-0.2, 0) is 14.4 Å². The molecule has 2 rings (SSSR count). The monoisotopic (exact) mass is 376 g/mol. The van der Waals surface area contributed by atoms with Crippen LogP contribution in [0.5, 0.6) is 0 Å². The minimum atomic E-state index is -0.639. The number of carbonyl (C=O) groups excluding carboxylic acids is 3. The first-order valence-corrected chi connectivity index (χ1v) is 9.66. The first kappa shape index (κ1) is 21.2. The highest BCUT2D eigenvalue weighted by molar-refractivity contribution is 5.95. The zero-order chi connectivity index (χ0) is 20.4. The van der Waals surface area contributed by atoms with E-state index in [-0.39, 0.29) is 29.2 Å². The molecule has 2 heterocycles. The van der Waals surface area contributed by atoms with Crippen LogP contribution >= 0.6 is 0 Å². The standard InChI is InChI=1S/C20H32N4O3/c1-14(2)17(18(21)26)23(5)19(27)15-8-12-24(13-15)16(25)7-10-20(3)9-6-11-22(20)4/h14-15,17H,6,8-9,11-13H2,1-5H3,(H2,21,26)/t15-,17?,20-/m0/s1. The summed E-state index contributed by atoms with van der Waals surface area (Å²) >= 11 is 0. The maximum absolute atomic E-state index is 12.8. The van der Waals surface area contributed by atoms with Gasteiger partial charge in [0.15, 0.2) is 0 Å². The predicted octanol–water partition coefficient (Wildman–Crippen LogP) is 0.291. The smallest absolute Gasteiger partial charge is 0.298 e. The van der Waals surface area contributed by atoms with Crippen molar-refractivity contribution in [3.05, 3.63) is 0 Å². The lowest BCUT2D eigenvalue weighted by atomic mass is 9.99. The molecule has 7 nitrogen and oxygen atoms in total. The maximum atomic E-state index is 12.8. The van der Waals surface area contributed by atoms with Crippen LogP contribution in [0.3, 0.4) is 0 Å². The second-order valence-electron chi connectivity index (χ2n) is 8.33. The molecule has 2 N–H and O–H groups in total. The van der Waals surface area contributed by atoms with E-state index in [4.69, 9.17) is 5.73 Å². The summed E-state index contributed by atoms with van der Waals surface area (Å²) in [6.45, 7) is 7.62. The largest absolute Gasteiger partial charge is 0.368 e. The Kier molecular flexibility index (Phi) is 6.53. The van der Waals surface area contributed by atoms with Crippen molar-refractivity contribution >= 4 is 17.7 Å². The Morgan fingerprint density at radius 1 is 1.26 bits per heavy atom. The molecule has 0 aromatic heterocycles. The molecule has 2 saturated heterocycles. The molecule has 2 aliphatic rings. The van der Waals surface area contributed by atoms with Gasteiger partial charge in [0.2, 0.25) is 11.8 Å². The predicted molar refractivity (Wildman–Crippen MR) is 103 cm³/mol. The van der Waals surface area contributed by atoms with Crippen LogP contribution in [-0.4, -0.2) is 77.7 Å². The highest BCUT2D eigenvalue weighted by atomic mass is 16.2. The van der Waals surface area contributed by atoms with Crippen LogP contribution in [0, 0.1) is 23.7 Å². The number of nitrogens with zero attached hydrogens (tertiary/aromatic N) is 3. The molecule has 27 heavy (non-hydrogen) atoms. The zero-order valence-electron chi connectivity index (χ0n) is 17.1. The van der Waals surface area contributed by atoms with E-state index in [0.29, 0.717) is 19.5 Å². The molecule has 1 unspecified atom stereocenters. The molecule has 0 aromatic carbocycles. The van der Waals surface area contributed by atoms with Gasteiger partial charge in [0.25, 0.3) is 5.91 Å². The SMILES string of the molecule is CC(C)C(C(N)=O)N(C)C(=O)[C@H]1CCN(C(=O)C#C[C@]2(C)CCCN2C)C1. The third-order valence-corrected chi connectivity index (χ3v) is 5.95. The van der Waals surface area contributed by atoms with Gasteiger partial charge in [-0.2, -0.15) is 0 Å². The van der Waals surface area contributed by atoms with Crippen LogP contribution in [0.15, 0.2) is 0 Å². The van der Waals surface area contributed by atoms with Gasteiger partial charge in [-0.3, -0.25) is 19.3 Å². The van der Waals surface area contributed by atoms with Crippen molar-refractivity contribution in [1.29, 1.82) is 0 Å². The van der Waals surface area contributed by atoms with E-state index < -0.39 is 11.9 Å². The van der Waals surface area contributed by atoms with Gasteiger partial charge in [-0.05, 0) is 51.6 Å². The van der Waals surface area contributed by atoms with Gasteiger partial charge in [-0.25, -0.2) is 0 Å². The van der Waals surface area contributed by atoms with E-state index >= 15 is 0 Å². The highest BCUT2D eigenvalue weighted by Gasteiger charge is 2.37. The lowest BCUT2D eigenvalue weighted by Gasteiger charge is -2.30. The molecule has 0 radical (unpaired) electrons. The summed E-state index contributed by atoms with van der Waals surface area (Å²) in [5.41, 5.74) is 5.20. The van der Waals surface area contributed by atoms with E-state index in [1.807, 2.05) is 20.9 Å². The third-order valence-electron chi connectivity index (χ3n) is 5.95. The average molecular weight is 377 g/mol. The Balaban J connectivity index is 1.99. The number of rotatable bonds is 4. The summed E-state index contributed by atoms with van der Waals surface area (Å²) in [5, 5.41) is 0. The van der Waals surface area contributed by atoms with Gasteiger partial charge in [0.05, 0.1) is 11.5 Å². The highest BCUT2D eigenvalue weighted by Crippen LogP contribution is 2.26. The van der Waals surface area contributed by atoms with E-state index in [2.05, 4.69) is 23.7 Å². The van der Waals surface area contributed by atoms with Gasteiger partial charge < -0.3 is 15.5 Å². The molecule has 0 aliphatic carbocycles. The van der Waals surface area contributed by atoms with Gasteiger partial charge in [0, 0.05) is 20.1 Å². The van der Waals surface area contributed by atoms with E-state index in [9.17, 15) is 14.4 Å². The number of nitrogens with two attached hydrogens (primary N) is 1. The van der Waals surface area contributed by atoms with Crippen molar-refractivity contribution in [2.45, 2.75) is 51.6 Å². The van der Waals surface area contributed by atoms with Crippen molar-refractivity contribution in [3.8, 4) is 11.8 Å². The van der Waals surface area contributed by atoms with Crippen molar-refractivity contribution in [2.75, 3.05) is 33.7 Å². The number of amides is 3. The number of likely N-dealkylation sites (N-methyl/N-ethyl adjacent to an activating group) is 1. The van der Waals surface area contributed by atoms with Gasteiger partial charge >= 0.3 is 0 Å². The van der Waals surface area contributed by atoms with Crippen LogP contribution in [0.1, 0.15) is 40.0 Å². The Bertz CT molecular complexity index is 666. The quantitative estimate of drug-likeness (QED) is 0.715. The fourth-order valence-electron chi connectivity index (χ4n) is 4.06. The molecule has 0 spiro atoms. The number of carbonyl (C=O) groups is 3. The normalized spacial score (nSPS) is 26.6. The molecule has 0 aromatic rings. The number of primary amides is 1. The van der Waals surface area contributed by atoms with Gasteiger partial charge in [0.1, 0.15) is 6.04 Å². The van der Waals surface area contributed by atoms with Gasteiger partial charge in [-0.15, -0.1) is 0 Å². The van der Waals surface area contributed by atoms with Crippen LogP contribution in [0.25, 0.3) is 0 Å². The number of hydrogen-bond donors (Lipinski definition) is 1. The van der Waals surface area contributed by atoms with Crippen molar-refractivity contribution < 1.29 is 14.4 Å². The summed E-state index contributed by atoms with van der Waals surface area (Å²) in [5.74, 6) is 4.65. The first-order valence-electron chi connectivity index (χ1n) is 9.66. The minimum Gasteiger partial charge on any atom is -0.368 e. The van der Waals surface area contributed by atoms with E-state index in [1.165, 1.54) is 4.90 Å². The Morgan fingerprint density at radius 3 is 2.44 bits per heavy atom. The lowest BCUT2D eigenvalue weighted by molar-refractivity contribution is -0.142. The summed E-state index contributed by atoms with van der Waals surface area (Å²) in [4.78, 5) is 42.2. The Labute approximate surface area is 162 Å². The summed E-state index contributed by atoms with van der Waals surface area (Å²) in [7, 11) is 3.63. The lowest BCUT2D eigenvalue weighted by Crippen LogP contribution is -2.50. The van der Waals surface area contributed by atoms with Crippen molar-refractivity contribution in [1.82, 2.24) is 14.7 Å². The Morgan fingerprint density at radius 2 is 1.93 bits per heavy atom. The molecular weight excluding hydrogens is 344 g/mol. The van der Waals surface area contributed by atoms with Crippen molar-refractivity contribution in [3.63, 3.8) is 0 Å². The first-order chi connectivity index (χ1) is 12.6. The second kappa shape index (κ2) is 8.30. The summed E-state index contributed by atoms with van der Waals surface area (Å²) in [6.07, 6.45) is 2.62. The third kappa shape index (κ3) is 4.62. The summed E-state index contributed by atoms with van der Waals surface area (Å²) in [6, 6.07) is -0.639. The van der Waals surface area contributed by atoms with Crippen LogP contribution in [0.2, 0.25) is 0 Å². The van der Waals surface area contributed by atoms with E-state index in [0.717, 1.165) is 19.4 Å². The summed E-state index contributed by atoms with van der Waals surface area (Å²) < 4.78 is 0. The molecule has 0 bridgehead atoms. The fraction of sp³-hybridized carbons (Fsp3) is 0.750. The van der Waals surface area contributed by atoms with Crippen molar-refractivity contribution in [2.24, 2.45) is 17.6 Å². The topological polar surface area (TPSA) is 87.0 Å². The van der Waals surface area contributed by atoms with E-state index in [1.54, 1.807) is 11.9 Å².